The second kappa shape index (κ2) is 6.59. The lowest BCUT2D eigenvalue weighted by atomic mass is 10.3. The Bertz CT molecular complexity index is 525. The molecule has 1 aromatic carbocycles. The Morgan fingerprint density at radius 3 is 1.47 bits per heavy atom. The molecule has 0 N–H and O–H groups in total. The van der Waals surface area contributed by atoms with Crippen LogP contribution in [0, 0.1) is 25.4 Å². The molecular formula is C10H8N4O5. The molecule has 0 fully saturated rings. The van der Waals surface area contributed by atoms with E-state index in [2.05, 4.69) is 4.98 Å². The predicted octanol–water partition coefficient (Wildman–Crippen LogP) is 1.22. The molecule has 0 saturated heterocycles. The van der Waals surface area contributed by atoms with Crippen LogP contribution in [0.1, 0.15) is 0 Å². The fraction of sp³-hybridized carbons (Fsp3) is 0. The number of aromatic nitrogens is 2. The van der Waals surface area contributed by atoms with Crippen molar-refractivity contribution in [3.05, 3.63) is 74.5 Å². The van der Waals surface area contributed by atoms with Crippen LogP contribution in [0.15, 0.2) is 49.1 Å². The summed E-state index contributed by atoms with van der Waals surface area (Å²) >= 11 is 0. The molecule has 0 saturated carbocycles. The summed E-state index contributed by atoms with van der Waals surface area (Å²) in [5.74, 6) is 0. The summed E-state index contributed by atoms with van der Waals surface area (Å²) in [5.41, 5.74) is -0.304. The lowest BCUT2D eigenvalue weighted by molar-refractivity contribution is -0.606. The first-order valence-electron chi connectivity index (χ1n) is 4.88. The highest BCUT2D eigenvalue weighted by Gasteiger charge is 2.08. The van der Waals surface area contributed by atoms with Crippen LogP contribution < -0.4 is 4.73 Å². The van der Waals surface area contributed by atoms with Gasteiger partial charge in [-0.3, -0.25) is 25.2 Å². The Morgan fingerprint density at radius 2 is 1.26 bits per heavy atom. The van der Waals surface area contributed by atoms with Crippen molar-refractivity contribution in [3.63, 3.8) is 0 Å². The first-order valence-corrected chi connectivity index (χ1v) is 4.88. The van der Waals surface area contributed by atoms with Gasteiger partial charge in [0.05, 0.1) is 22.2 Å². The Hall–Kier alpha value is -3.10. The number of benzene rings is 1. The van der Waals surface area contributed by atoms with Crippen molar-refractivity contribution in [2.75, 3.05) is 0 Å². The molecule has 9 nitrogen and oxygen atoms in total. The maximum absolute atomic E-state index is 10.1. The Morgan fingerprint density at radius 1 is 0.895 bits per heavy atom. The number of non-ortho nitro benzene ring substituents is 2. The highest BCUT2D eigenvalue weighted by atomic mass is 16.6. The van der Waals surface area contributed by atoms with Gasteiger partial charge in [0.1, 0.15) is 0 Å². The van der Waals surface area contributed by atoms with Crippen LogP contribution in [0.2, 0.25) is 0 Å². The first kappa shape index (κ1) is 14.0. The molecule has 0 atom stereocenters. The molecule has 0 aliphatic rings. The number of nitrogens with zero attached hydrogens (tertiary/aromatic N) is 4. The Balaban J connectivity index is 0.000000218. The molecule has 9 heteroatoms. The van der Waals surface area contributed by atoms with Crippen molar-refractivity contribution in [1.29, 1.82) is 0 Å². The van der Waals surface area contributed by atoms with E-state index in [1.807, 2.05) is 0 Å². The molecule has 2 aromatic rings. The van der Waals surface area contributed by atoms with Crippen molar-refractivity contribution >= 4 is 11.4 Å². The van der Waals surface area contributed by atoms with Crippen LogP contribution in [-0.4, -0.2) is 14.8 Å². The first-order chi connectivity index (χ1) is 9.00. The molecule has 0 radical (unpaired) electrons. The van der Waals surface area contributed by atoms with Gasteiger partial charge in [-0.2, -0.15) is 4.73 Å². The topological polar surface area (TPSA) is 126 Å². The molecule has 0 spiro atoms. The molecular weight excluding hydrogens is 256 g/mol. The third-order valence-electron chi connectivity index (χ3n) is 1.87. The molecule has 1 heterocycles. The Labute approximate surface area is 106 Å². The second-order valence-electron chi connectivity index (χ2n) is 3.14. The van der Waals surface area contributed by atoms with E-state index in [0.717, 1.165) is 24.3 Å². The minimum Gasteiger partial charge on any atom is -0.619 e. The van der Waals surface area contributed by atoms with Gasteiger partial charge < -0.3 is 5.21 Å². The van der Waals surface area contributed by atoms with Gasteiger partial charge in [0.2, 0.25) is 0 Å². The van der Waals surface area contributed by atoms with Crippen molar-refractivity contribution in [2.45, 2.75) is 0 Å². The maximum Gasteiger partial charge on any atom is 0.269 e. The van der Waals surface area contributed by atoms with E-state index < -0.39 is 9.85 Å². The van der Waals surface area contributed by atoms with E-state index in [9.17, 15) is 25.4 Å². The van der Waals surface area contributed by atoms with Crippen molar-refractivity contribution < 1.29 is 14.6 Å². The lowest BCUT2D eigenvalue weighted by Gasteiger charge is -1.90. The summed E-state index contributed by atoms with van der Waals surface area (Å²) in [6.45, 7) is 0. The molecule has 1 aromatic heterocycles. The summed E-state index contributed by atoms with van der Waals surface area (Å²) in [7, 11) is 0. The molecule has 0 bridgehead atoms. The highest BCUT2D eigenvalue weighted by molar-refractivity contribution is 5.39. The number of rotatable bonds is 2. The van der Waals surface area contributed by atoms with E-state index in [1.165, 1.54) is 24.8 Å². The Kier molecular flexibility index (Phi) is 4.84. The normalized spacial score (nSPS) is 9.05. The monoisotopic (exact) mass is 264 g/mol. The molecule has 0 unspecified atom stereocenters. The zero-order valence-electron chi connectivity index (χ0n) is 9.45. The highest BCUT2D eigenvalue weighted by Crippen LogP contribution is 2.16. The van der Waals surface area contributed by atoms with E-state index in [-0.39, 0.29) is 11.4 Å². The zero-order chi connectivity index (χ0) is 14.3. The number of hydrogen-bond acceptors (Lipinski definition) is 6. The van der Waals surface area contributed by atoms with Gasteiger partial charge in [-0.25, -0.2) is 0 Å². The summed E-state index contributed by atoms with van der Waals surface area (Å²) < 4.78 is 0.688. The van der Waals surface area contributed by atoms with E-state index >= 15 is 0 Å². The van der Waals surface area contributed by atoms with E-state index in [4.69, 9.17) is 0 Å². The number of hydrogen-bond donors (Lipinski definition) is 0. The summed E-state index contributed by atoms with van der Waals surface area (Å²) in [4.78, 5) is 22.6. The van der Waals surface area contributed by atoms with Crippen LogP contribution in [0.4, 0.5) is 11.4 Å². The van der Waals surface area contributed by atoms with Gasteiger partial charge in [0.15, 0.2) is 12.4 Å². The molecule has 19 heavy (non-hydrogen) atoms. The average Bonchev–Trinajstić information content (AvgIpc) is 2.40. The van der Waals surface area contributed by atoms with Crippen LogP contribution in [0.5, 0.6) is 0 Å². The maximum atomic E-state index is 10.1. The summed E-state index contributed by atoms with van der Waals surface area (Å²) in [6, 6.07) is 4.38. The lowest BCUT2D eigenvalue weighted by Crippen LogP contribution is -2.23. The molecule has 0 aliphatic carbocycles. The van der Waals surface area contributed by atoms with Crippen LogP contribution >= 0.6 is 0 Å². The minimum absolute atomic E-state index is 0.152. The van der Waals surface area contributed by atoms with E-state index in [1.54, 1.807) is 0 Å². The smallest absolute Gasteiger partial charge is 0.269 e. The summed E-state index contributed by atoms with van der Waals surface area (Å²) in [5, 5.41) is 30.4. The third kappa shape index (κ3) is 4.73. The third-order valence-corrected chi connectivity index (χ3v) is 1.87. The summed E-state index contributed by atoms with van der Waals surface area (Å²) in [6.07, 6.45) is 5.54. The standard InChI is InChI=1S/C6H4N2O4.C4H4N2O/c9-7(10)5-1-2-6(4-3-5)8(11)12;7-6-3-1-5-2-4-6/h1-4H;1-4H. The van der Waals surface area contributed by atoms with Gasteiger partial charge in [-0.1, -0.05) is 0 Å². The van der Waals surface area contributed by atoms with Crippen LogP contribution in [0.25, 0.3) is 0 Å². The molecule has 2 rings (SSSR count). The molecule has 0 aliphatic heterocycles. The predicted molar refractivity (Wildman–Crippen MR) is 62.9 cm³/mol. The SMILES string of the molecule is O=[N+]([O-])c1ccc([N+](=O)[O-])cc1.[O-][n+]1ccncc1. The number of nitro groups is 2. The van der Waals surface area contributed by atoms with Gasteiger partial charge in [-0.15, -0.1) is 0 Å². The van der Waals surface area contributed by atoms with Crippen molar-refractivity contribution in [1.82, 2.24) is 4.98 Å². The van der Waals surface area contributed by atoms with Crippen LogP contribution in [0.3, 0.4) is 0 Å². The minimum atomic E-state index is -0.607. The molecule has 98 valence electrons. The van der Waals surface area contributed by atoms with Gasteiger partial charge >= 0.3 is 0 Å². The number of nitro benzene ring substituents is 2. The fourth-order valence-electron chi connectivity index (χ4n) is 1.00. The van der Waals surface area contributed by atoms with Gasteiger partial charge in [0, 0.05) is 24.3 Å². The van der Waals surface area contributed by atoms with Crippen molar-refractivity contribution in [3.8, 4) is 0 Å². The molecule has 0 amide bonds. The van der Waals surface area contributed by atoms with Gasteiger partial charge in [-0.05, 0) is 0 Å². The fourth-order valence-corrected chi connectivity index (χ4v) is 1.00. The van der Waals surface area contributed by atoms with Crippen LogP contribution in [-0.2, 0) is 0 Å². The quantitative estimate of drug-likeness (QED) is 0.347. The van der Waals surface area contributed by atoms with Crippen molar-refractivity contribution in [2.24, 2.45) is 0 Å². The zero-order valence-corrected chi connectivity index (χ0v) is 9.45. The van der Waals surface area contributed by atoms with E-state index in [0.29, 0.717) is 4.73 Å². The average molecular weight is 264 g/mol. The second-order valence-corrected chi connectivity index (χ2v) is 3.14. The van der Waals surface area contributed by atoms with Gasteiger partial charge in [0.25, 0.3) is 11.4 Å². The largest absolute Gasteiger partial charge is 0.619 e.